The molecular weight excluding hydrogens is 336 g/mol. The Morgan fingerprint density at radius 3 is 1.52 bits per heavy atom. The fourth-order valence-corrected chi connectivity index (χ4v) is 3.28. The van der Waals surface area contributed by atoms with Gasteiger partial charge in [0, 0.05) is 38.1 Å². The Bertz CT molecular complexity index is 827. The maximum Gasteiger partial charge on any atom is 0.280 e. The van der Waals surface area contributed by atoms with Gasteiger partial charge in [0.2, 0.25) is 0 Å². The van der Waals surface area contributed by atoms with Crippen molar-refractivity contribution in [3.05, 3.63) is 96.6 Å². The molecule has 0 aliphatic rings. The van der Waals surface area contributed by atoms with Crippen LogP contribution in [0.25, 0.3) is 0 Å². The maximum absolute atomic E-state index is 13.5. The number of benzene rings is 3. The molecular formula is C23H24N2O2. The van der Waals surface area contributed by atoms with Crippen molar-refractivity contribution in [3.8, 4) is 0 Å². The van der Waals surface area contributed by atoms with Gasteiger partial charge >= 0.3 is 0 Å². The Morgan fingerprint density at radius 2 is 1.15 bits per heavy atom. The van der Waals surface area contributed by atoms with Crippen LogP contribution in [0, 0.1) is 0 Å². The summed E-state index contributed by atoms with van der Waals surface area (Å²) in [5, 5.41) is 0. The number of anilines is 2. The molecule has 27 heavy (non-hydrogen) atoms. The Balaban J connectivity index is 2.33. The average Bonchev–Trinajstić information content (AvgIpc) is 2.73. The zero-order chi connectivity index (χ0) is 19.3. The van der Waals surface area contributed by atoms with Gasteiger partial charge in [-0.05, 0) is 24.3 Å². The van der Waals surface area contributed by atoms with E-state index in [1.165, 1.54) is 0 Å². The second-order valence-electron chi connectivity index (χ2n) is 6.42. The molecule has 138 valence electrons. The number of nitrogens with zero attached hydrogens (tertiary/aromatic N) is 2. The highest BCUT2D eigenvalue weighted by Gasteiger charge is 2.48. The van der Waals surface area contributed by atoms with Crippen molar-refractivity contribution >= 4 is 17.3 Å². The molecule has 1 atom stereocenters. The molecule has 0 saturated heterocycles. The molecule has 4 nitrogen and oxygen atoms in total. The van der Waals surface area contributed by atoms with Crippen molar-refractivity contribution in [1.29, 1.82) is 0 Å². The summed E-state index contributed by atoms with van der Waals surface area (Å²) in [6.07, 6.45) is 0. The smallest absolute Gasteiger partial charge is 0.280 e. The van der Waals surface area contributed by atoms with Gasteiger partial charge in [0.25, 0.3) is 11.6 Å². The number of para-hydroxylation sites is 2. The summed E-state index contributed by atoms with van der Waals surface area (Å²) in [5.41, 5.74) is 1.15. The number of hydrogen-bond acceptors (Lipinski definition) is 3. The molecule has 0 aliphatic heterocycles. The van der Waals surface area contributed by atoms with E-state index in [0.29, 0.717) is 0 Å². The van der Waals surface area contributed by atoms with Gasteiger partial charge < -0.3 is 14.5 Å². The van der Waals surface area contributed by atoms with Crippen molar-refractivity contribution in [3.63, 3.8) is 0 Å². The Kier molecular flexibility index (Phi) is 5.57. The molecule has 0 saturated carbocycles. The maximum atomic E-state index is 13.5. The van der Waals surface area contributed by atoms with Gasteiger partial charge in [0.05, 0.1) is 0 Å². The predicted molar refractivity (Wildman–Crippen MR) is 109 cm³/mol. The van der Waals surface area contributed by atoms with Gasteiger partial charge in [-0.1, -0.05) is 66.7 Å². The first-order chi connectivity index (χ1) is 13.1. The van der Waals surface area contributed by atoms with E-state index in [1.54, 1.807) is 26.1 Å². The number of rotatable bonds is 6. The quantitative estimate of drug-likeness (QED) is 0.610. The van der Waals surface area contributed by atoms with E-state index in [9.17, 15) is 4.79 Å². The number of carbonyl (C=O) groups excluding carboxylic acids is 1. The molecule has 3 aromatic carbocycles. The van der Waals surface area contributed by atoms with Crippen LogP contribution in [0.1, 0.15) is 5.56 Å². The van der Waals surface area contributed by atoms with Gasteiger partial charge in [-0.25, -0.2) is 0 Å². The highest BCUT2D eigenvalue weighted by molar-refractivity contribution is 5.92. The zero-order valence-corrected chi connectivity index (χ0v) is 15.9. The van der Waals surface area contributed by atoms with Gasteiger partial charge in [-0.2, -0.15) is 0 Å². The lowest BCUT2D eigenvalue weighted by molar-refractivity contribution is -0.152. The largest absolute Gasteiger partial charge is 0.347 e. The highest BCUT2D eigenvalue weighted by Crippen LogP contribution is 2.41. The molecule has 0 bridgehead atoms. The van der Waals surface area contributed by atoms with Gasteiger partial charge in [-0.15, -0.1) is 0 Å². The van der Waals surface area contributed by atoms with Crippen molar-refractivity contribution in [2.45, 2.75) is 5.72 Å². The molecule has 0 heterocycles. The van der Waals surface area contributed by atoms with Crippen LogP contribution >= 0.6 is 0 Å². The summed E-state index contributed by atoms with van der Waals surface area (Å²) in [5.74, 6) is -0.163. The molecule has 0 radical (unpaired) electrons. The lowest BCUT2D eigenvalue weighted by Crippen LogP contribution is -2.56. The van der Waals surface area contributed by atoms with Gasteiger partial charge in [0.1, 0.15) is 0 Å². The van der Waals surface area contributed by atoms with Crippen LogP contribution in [0.4, 0.5) is 11.4 Å². The van der Waals surface area contributed by atoms with E-state index < -0.39 is 5.72 Å². The van der Waals surface area contributed by atoms with E-state index in [-0.39, 0.29) is 5.91 Å². The van der Waals surface area contributed by atoms with Crippen molar-refractivity contribution in [2.75, 3.05) is 26.1 Å². The normalized spacial score (nSPS) is 12.9. The molecule has 0 aliphatic carbocycles. The molecule has 3 aromatic rings. The lowest BCUT2D eigenvalue weighted by Gasteiger charge is -2.44. The first kappa shape index (κ1) is 18.7. The van der Waals surface area contributed by atoms with E-state index in [2.05, 4.69) is 0 Å². The third-order valence-corrected chi connectivity index (χ3v) is 4.50. The first-order valence-electron chi connectivity index (χ1n) is 8.84. The molecule has 1 unspecified atom stereocenters. The molecule has 0 aromatic heterocycles. The number of likely N-dealkylation sites (N-methyl/N-ethyl adjacent to an activating group) is 1. The summed E-state index contributed by atoms with van der Waals surface area (Å²) >= 11 is 0. The second-order valence-corrected chi connectivity index (χ2v) is 6.42. The number of amides is 1. The van der Waals surface area contributed by atoms with Crippen LogP contribution in [-0.4, -0.2) is 32.0 Å². The van der Waals surface area contributed by atoms with E-state index in [0.717, 1.165) is 16.9 Å². The molecule has 0 fully saturated rings. The monoisotopic (exact) mass is 360 g/mol. The lowest BCUT2D eigenvalue weighted by atomic mass is 9.97. The molecule has 1 amide bonds. The van der Waals surface area contributed by atoms with Crippen LogP contribution < -0.4 is 4.90 Å². The predicted octanol–water partition coefficient (Wildman–Crippen LogP) is 4.41. The topological polar surface area (TPSA) is 32.8 Å². The second kappa shape index (κ2) is 8.06. The number of carbonyl (C=O) groups is 1. The molecule has 0 N–H and O–H groups in total. The standard InChI is InChI=1S/C23H24N2O2/c1-24(2)22(26)23(27-3,19-13-7-4-8-14-19)25(20-15-9-5-10-16-20)21-17-11-6-12-18-21/h4-18H,1-3H3. The number of hydrogen-bond donors (Lipinski definition) is 0. The zero-order valence-electron chi connectivity index (χ0n) is 15.9. The summed E-state index contributed by atoms with van der Waals surface area (Å²) in [7, 11) is 5.06. The van der Waals surface area contributed by atoms with Crippen LogP contribution in [-0.2, 0) is 15.3 Å². The summed E-state index contributed by atoms with van der Waals surface area (Å²) in [4.78, 5) is 17.1. The third-order valence-electron chi connectivity index (χ3n) is 4.50. The van der Waals surface area contributed by atoms with Crippen LogP contribution in [0.5, 0.6) is 0 Å². The SMILES string of the molecule is COC(C(=O)N(C)C)(c1ccccc1)N(c1ccccc1)c1ccccc1. The molecule has 3 rings (SSSR count). The third kappa shape index (κ3) is 3.44. The first-order valence-corrected chi connectivity index (χ1v) is 8.84. The number of ether oxygens (including phenoxy) is 1. The van der Waals surface area contributed by atoms with Gasteiger partial charge in [0.15, 0.2) is 0 Å². The highest BCUT2D eigenvalue weighted by atomic mass is 16.5. The van der Waals surface area contributed by atoms with Crippen LogP contribution in [0.3, 0.4) is 0 Å². The minimum absolute atomic E-state index is 0.163. The molecule has 4 heteroatoms. The molecule has 0 spiro atoms. The van der Waals surface area contributed by atoms with Crippen molar-refractivity contribution < 1.29 is 9.53 Å². The van der Waals surface area contributed by atoms with E-state index in [1.807, 2.05) is 95.9 Å². The fraction of sp³-hybridized carbons (Fsp3) is 0.174. The Labute approximate surface area is 160 Å². The van der Waals surface area contributed by atoms with Crippen molar-refractivity contribution in [1.82, 2.24) is 4.90 Å². The van der Waals surface area contributed by atoms with E-state index in [4.69, 9.17) is 4.74 Å². The average molecular weight is 360 g/mol. The minimum Gasteiger partial charge on any atom is -0.347 e. The number of methoxy groups -OCH3 is 1. The van der Waals surface area contributed by atoms with Crippen LogP contribution in [0.2, 0.25) is 0 Å². The Hall–Kier alpha value is -3.11. The van der Waals surface area contributed by atoms with Crippen LogP contribution in [0.15, 0.2) is 91.0 Å². The summed E-state index contributed by atoms with van der Waals surface area (Å²) in [6.45, 7) is 0. The van der Waals surface area contributed by atoms with E-state index >= 15 is 0 Å². The summed E-state index contributed by atoms with van der Waals surface area (Å²) in [6, 6.07) is 29.3. The Morgan fingerprint density at radius 1 is 0.741 bits per heavy atom. The van der Waals surface area contributed by atoms with Gasteiger partial charge in [-0.3, -0.25) is 4.79 Å². The fourth-order valence-electron chi connectivity index (χ4n) is 3.28. The minimum atomic E-state index is -1.34. The summed E-state index contributed by atoms with van der Waals surface area (Å²) < 4.78 is 6.05. The van der Waals surface area contributed by atoms with Crippen molar-refractivity contribution in [2.24, 2.45) is 0 Å².